The Hall–Kier alpha value is -9.06. The molecule has 0 radical (unpaired) electrons. The number of para-hydroxylation sites is 5. The van der Waals surface area contributed by atoms with E-state index in [1.807, 2.05) is 12.1 Å². The number of hydrogen-bond donors (Lipinski definition) is 0. The largest absolute Gasteiger partial charge is 0.456 e. The Morgan fingerprint density at radius 3 is 1.61 bits per heavy atom. The van der Waals surface area contributed by atoms with Crippen LogP contribution in [0, 0.1) is 0 Å². The van der Waals surface area contributed by atoms with Crippen LogP contribution in [0.25, 0.3) is 111 Å². The zero-order chi connectivity index (χ0) is 44.0. The van der Waals surface area contributed by atoms with E-state index in [1.165, 1.54) is 32.9 Å². The molecule has 314 valence electrons. The molecule has 0 fully saturated rings. The van der Waals surface area contributed by atoms with Gasteiger partial charge in [-0.1, -0.05) is 133 Å². The van der Waals surface area contributed by atoms with E-state index in [9.17, 15) is 0 Å². The molecule has 0 aliphatic heterocycles. The zero-order valence-corrected chi connectivity index (χ0v) is 36.2. The molecule has 0 amide bonds. The van der Waals surface area contributed by atoms with Crippen molar-refractivity contribution >= 4 is 88.5 Å². The van der Waals surface area contributed by atoms with Crippen LogP contribution in [-0.4, -0.2) is 8.97 Å². The van der Waals surface area contributed by atoms with Crippen molar-refractivity contribution in [2.24, 2.45) is 0 Å². The Morgan fingerprint density at radius 2 is 0.851 bits per heavy atom. The molecule has 10 aromatic carbocycles. The number of oxazole rings is 1. The maximum absolute atomic E-state index is 6.75. The predicted molar refractivity (Wildman–Crippen MR) is 277 cm³/mol. The number of fused-ring (bicyclic) bond motifs is 11. The molecule has 5 nitrogen and oxygen atoms in total. The van der Waals surface area contributed by atoms with Gasteiger partial charge in [0.15, 0.2) is 5.58 Å². The average Bonchev–Trinajstić information content (AvgIpc) is 4.14. The van der Waals surface area contributed by atoms with Crippen molar-refractivity contribution in [1.29, 1.82) is 0 Å². The summed E-state index contributed by atoms with van der Waals surface area (Å²) in [4.78, 5) is 2.32. The first-order valence-corrected chi connectivity index (χ1v) is 22.7. The van der Waals surface area contributed by atoms with Crippen LogP contribution < -0.4 is 4.90 Å². The number of rotatable bonds is 7. The van der Waals surface area contributed by atoms with Crippen LogP contribution >= 0.6 is 0 Å². The summed E-state index contributed by atoms with van der Waals surface area (Å²) in [6.07, 6.45) is 0. The van der Waals surface area contributed by atoms with E-state index in [-0.39, 0.29) is 0 Å². The summed E-state index contributed by atoms with van der Waals surface area (Å²) in [5.74, 6) is 0. The van der Waals surface area contributed by atoms with Crippen LogP contribution in [0.1, 0.15) is 0 Å². The van der Waals surface area contributed by atoms with Gasteiger partial charge in [0.1, 0.15) is 11.2 Å². The molecule has 0 N–H and O–H groups in total. The Kier molecular flexibility index (Phi) is 8.21. The van der Waals surface area contributed by atoms with Crippen molar-refractivity contribution < 1.29 is 8.83 Å². The lowest BCUT2D eigenvalue weighted by molar-refractivity contribution is 0.658. The molecular weight excluding hydrogens is 819 g/mol. The second kappa shape index (κ2) is 14.7. The van der Waals surface area contributed by atoms with E-state index < -0.39 is 0 Å². The fraction of sp³-hybridized carbons (Fsp3) is 0. The number of benzene rings is 10. The Labute approximate surface area is 385 Å². The van der Waals surface area contributed by atoms with Crippen molar-refractivity contribution in [2.45, 2.75) is 0 Å². The molecule has 0 bridgehead atoms. The predicted octanol–water partition coefficient (Wildman–Crippen LogP) is 17.3. The summed E-state index contributed by atoms with van der Waals surface area (Å²) >= 11 is 0. The van der Waals surface area contributed by atoms with E-state index in [0.717, 1.165) is 94.7 Å². The minimum Gasteiger partial charge on any atom is -0.456 e. The first-order valence-electron chi connectivity index (χ1n) is 22.7. The van der Waals surface area contributed by atoms with E-state index >= 15 is 0 Å². The van der Waals surface area contributed by atoms with Crippen molar-refractivity contribution in [3.05, 3.63) is 237 Å². The molecule has 0 aliphatic carbocycles. The highest BCUT2D eigenvalue weighted by molar-refractivity contribution is 6.12. The maximum atomic E-state index is 6.75. The molecule has 14 aromatic rings. The molecule has 5 heteroatoms. The molecule has 0 unspecified atom stereocenters. The van der Waals surface area contributed by atoms with Crippen LogP contribution in [0.3, 0.4) is 0 Å². The van der Waals surface area contributed by atoms with Gasteiger partial charge in [-0.25, -0.2) is 0 Å². The molecular formula is C62H39N3O2. The Balaban J connectivity index is 0.814. The molecule has 0 aliphatic rings. The van der Waals surface area contributed by atoms with Gasteiger partial charge in [-0.15, -0.1) is 0 Å². The minimum absolute atomic E-state index is 0.819. The molecule has 4 aromatic heterocycles. The lowest BCUT2D eigenvalue weighted by Crippen LogP contribution is -2.09. The Morgan fingerprint density at radius 1 is 0.299 bits per heavy atom. The standard InChI is InChI=1S/C62H39N3O2/c1-3-13-45(14-4-1)63(47-30-23-40(24-31-47)42-28-35-56-53(37-42)49-17-7-10-20-54(49)64(56)46-15-5-2-6-16-46)48-32-25-41(26-33-48)43-29-36-59-57(38-43)65-55-21-11-8-19-52(55)61(62(65)67-59)44-27-34-51-50-18-9-12-22-58(50)66-60(51)39-44/h1-39H. The van der Waals surface area contributed by atoms with Gasteiger partial charge in [0, 0.05) is 49.7 Å². The summed E-state index contributed by atoms with van der Waals surface area (Å²) in [5.41, 5.74) is 19.1. The quantitative estimate of drug-likeness (QED) is 0.160. The number of aromatic nitrogens is 2. The molecule has 14 rings (SSSR count). The minimum atomic E-state index is 0.819. The van der Waals surface area contributed by atoms with E-state index in [1.54, 1.807) is 0 Å². The van der Waals surface area contributed by atoms with E-state index in [4.69, 9.17) is 8.83 Å². The number of nitrogens with zero attached hydrogens (tertiary/aromatic N) is 3. The molecule has 4 heterocycles. The molecule has 0 saturated heterocycles. The molecule has 0 saturated carbocycles. The third-order valence-corrected chi connectivity index (χ3v) is 13.5. The first-order chi connectivity index (χ1) is 33.2. The van der Waals surface area contributed by atoms with Gasteiger partial charge >= 0.3 is 0 Å². The van der Waals surface area contributed by atoms with Gasteiger partial charge in [-0.05, 0) is 131 Å². The SMILES string of the molecule is c1ccc(N(c2ccc(-c3ccc4c(c3)c3ccccc3n4-c3ccccc3)cc2)c2ccc(-c3ccc4oc5c(-c6ccc7c(c6)oc6ccccc67)c6ccccc6n5c4c3)cc2)cc1. The summed E-state index contributed by atoms with van der Waals surface area (Å²) in [5, 5.41) is 5.86. The van der Waals surface area contributed by atoms with E-state index in [2.05, 4.69) is 238 Å². The van der Waals surface area contributed by atoms with Gasteiger partial charge in [0.2, 0.25) is 5.71 Å². The van der Waals surface area contributed by atoms with Gasteiger partial charge in [0.25, 0.3) is 0 Å². The van der Waals surface area contributed by atoms with Gasteiger partial charge in [-0.2, -0.15) is 0 Å². The van der Waals surface area contributed by atoms with Crippen molar-refractivity contribution in [2.75, 3.05) is 4.90 Å². The van der Waals surface area contributed by atoms with E-state index in [0.29, 0.717) is 0 Å². The lowest BCUT2D eigenvalue weighted by Gasteiger charge is -2.26. The fourth-order valence-corrected chi connectivity index (χ4v) is 10.4. The van der Waals surface area contributed by atoms with Gasteiger partial charge < -0.3 is 18.3 Å². The summed E-state index contributed by atoms with van der Waals surface area (Å²) in [6.45, 7) is 0. The zero-order valence-electron chi connectivity index (χ0n) is 36.2. The molecule has 67 heavy (non-hydrogen) atoms. The van der Waals surface area contributed by atoms with Crippen molar-refractivity contribution in [3.8, 4) is 39.1 Å². The second-order valence-corrected chi connectivity index (χ2v) is 17.3. The average molecular weight is 858 g/mol. The monoisotopic (exact) mass is 857 g/mol. The summed E-state index contributed by atoms with van der Waals surface area (Å²) < 4.78 is 17.7. The second-order valence-electron chi connectivity index (χ2n) is 17.3. The number of hydrogen-bond acceptors (Lipinski definition) is 3. The highest BCUT2D eigenvalue weighted by atomic mass is 16.3. The fourth-order valence-electron chi connectivity index (χ4n) is 10.4. The van der Waals surface area contributed by atoms with Crippen LogP contribution in [0.15, 0.2) is 245 Å². The van der Waals surface area contributed by atoms with Crippen LogP contribution in [0.4, 0.5) is 17.1 Å². The molecule has 0 atom stereocenters. The summed E-state index contributed by atoms with van der Waals surface area (Å²) in [6, 6.07) is 84.4. The topological polar surface area (TPSA) is 38.9 Å². The van der Waals surface area contributed by atoms with Gasteiger partial charge in [-0.3, -0.25) is 4.40 Å². The smallest absolute Gasteiger partial charge is 0.213 e. The van der Waals surface area contributed by atoms with Crippen molar-refractivity contribution in [3.63, 3.8) is 0 Å². The lowest BCUT2D eigenvalue weighted by atomic mass is 10.0. The van der Waals surface area contributed by atoms with Gasteiger partial charge in [0.05, 0.1) is 27.6 Å². The maximum Gasteiger partial charge on any atom is 0.213 e. The highest BCUT2D eigenvalue weighted by Gasteiger charge is 2.22. The molecule has 0 spiro atoms. The van der Waals surface area contributed by atoms with Crippen molar-refractivity contribution in [1.82, 2.24) is 8.97 Å². The Bertz CT molecular complexity index is 4190. The van der Waals surface area contributed by atoms with Crippen LogP contribution in [-0.2, 0) is 0 Å². The van der Waals surface area contributed by atoms with Crippen LogP contribution in [0.5, 0.6) is 0 Å². The van der Waals surface area contributed by atoms with Crippen LogP contribution in [0.2, 0.25) is 0 Å². The third kappa shape index (κ3) is 5.88. The normalized spacial score (nSPS) is 11.9. The highest BCUT2D eigenvalue weighted by Crippen LogP contribution is 2.43. The number of furan rings is 1. The summed E-state index contributed by atoms with van der Waals surface area (Å²) in [7, 11) is 0. The number of anilines is 3. The third-order valence-electron chi connectivity index (χ3n) is 13.5. The first kappa shape index (κ1) is 37.3.